The molecule has 0 saturated heterocycles. The van der Waals surface area contributed by atoms with Crippen LogP contribution in [0.4, 0.5) is 5.69 Å². The molecule has 0 fully saturated rings. The second-order valence-corrected chi connectivity index (χ2v) is 5.14. The van der Waals surface area contributed by atoms with E-state index in [4.69, 9.17) is 26.2 Å². The molecular weight excluding hydrogens is 318 g/mol. The molecule has 122 valence electrons. The predicted molar refractivity (Wildman–Crippen MR) is 89.5 cm³/mol. The number of carbonyl (C=O) groups excluding carboxylic acids is 1. The van der Waals surface area contributed by atoms with Gasteiger partial charge in [-0.3, -0.25) is 4.79 Å². The second kappa shape index (κ2) is 7.85. The van der Waals surface area contributed by atoms with Crippen molar-refractivity contribution in [3.63, 3.8) is 0 Å². The monoisotopic (exact) mass is 335 g/mol. The highest BCUT2D eigenvalue weighted by atomic mass is 35.5. The molecule has 0 bridgehead atoms. The summed E-state index contributed by atoms with van der Waals surface area (Å²) in [5.74, 6) is 0.479. The van der Waals surface area contributed by atoms with E-state index in [9.17, 15) is 4.79 Å². The molecule has 0 aliphatic carbocycles. The van der Waals surface area contributed by atoms with E-state index in [1.807, 2.05) is 6.92 Å². The number of rotatable bonds is 6. The highest BCUT2D eigenvalue weighted by Gasteiger charge is 2.16. The third-order valence-electron chi connectivity index (χ3n) is 3.15. The maximum Gasteiger partial charge on any atom is 0.255 e. The van der Waals surface area contributed by atoms with E-state index in [1.54, 1.807) is 30.3 Å². The summed E-state index contributed by atoms with van der Waals surface area (Å²) in [4.78, 5) is 12.4. The Kier molecular flexibility index (Phi) is 5.84. The molecule has 0 atom stereocenters. The van der Waals surface area contributed by atoms with E-state index in [2.05, 4.69) is 5.32 Å². The molecule has 5 nitrogen and oxygen atoms in total. The number of amides is 1. The van der Waals surface area contributed by atoms with Crippen LogP contribution in [0.25, 0.3) is 0 Å². The summed E-state index contributed by atoms with van der Waals surface area (Å²) in [5.41, 5.74) is 1.65. The van der Waals surface area contributed by atoms with Crippen molar-refractivity contribution >= 4 is 23.2 Å². The third kappa shape index (κ3) is 4.15. The Bertz CT molecular complexity index is 703. The highest BCUT2D eigenvalue weighted by Crippen LogP contribution is 2.36. The fourth-order valence-electron chi connectivity index (χ4n) is 2.09. The predicted octanol–water partition coefficient (Wildman–Crippen LogP) is 3.49. The molecular formula is C17H18ClNO4. The van der Waals surface area contributed by atoms with Crippen LogP contribution in [0.1, 0.15) is 22.8 Å². The van der Waals surface area contributed by atoms with Crippen LogP contribution in [-0.2, 0) is 6.61 Å². The molecule has 0 radical (unpaired) electrons. The quantitative estimate of drug-likeness (QED) is 0.848. The SMILES string of the molecule is CCOc1c(Cl)cc(C(=O)Nc2cccc(CO)c2)cc1OC. The number of ether oxygens (including phenoxy) is 2. The number of benzene rings is 2. The average molecular weight is 336 g/mol. The molecule has 0 aliphatic rings. The van der Waals surface area contributed by atoms with Gasteiger partial charge in [-0.25, -0.2) is 0 Å². The molecule has 2 aromatic rings. The van der Waals surface area contributed by atoms with Gasteiger partial charge in [0.05, 0.1) is 25.3 Å². The van der Waals surface area contributed by atoms with Crippen LogP contribution in [-0.4, -0.2) is 24.7 Å². The first kappa shape index (κ1) is 17.1. The number of aliphatic hydroxyl groups excluding tert-OH is 1. The average Bonchev–Trinajstić information content (AvgIpc) is 2.56. The number of carbonyl (C=O) groups is 1. The number of nitrogens with one attached hydrogen (secondary N) is 1. The van der Waals surface area contributed by atoms with Gasteiger partial charge in [-0.05, 0) is 36.8 Å². The Labute approximate surface area is 139 Å². The van der Waals surface area contributed by atoms with Gasteiger partial charge in [0.1, 0.15) is 0 Å². The summed E-state index contributed by atoms with van der Waals surface area (Å²) < 4.78 is 10.7. The lowest BCUT2D eigenvalue weighted by molar-refractivity contribution is 0.102. The van der Waals surface area contributed by atoms with Crippen molar-refractivity contribution in [2.24, 2.45) is 0 Å². The van der Waals surface area contributed by atoms with E-state index in [0.29, 0.717) is 39.9 Å². The van der Waals surface area contributed by atoms with Crippen molar-refractivity contribution in [3.05, 3.63) is 52.5 Å². The zero-order valence-corrected chi connectivity index (χ0v) is 13.7. The third-order valence-corrected chi connectivity index (χ3v) is 3.43. The van der Waals surface area contributed by atoms with Gasteiger partial charge in [0.15, 0.2) is 11.5 Å². The summed E-state index contributed by atoms with van der Waals surface area (Å²) in [5, 5.41) is 12.2. The van der Waals surface area contributed by atoms with Gasteiger partial charge in [0.2, 0.25) is 0 Å². The molecule has 0 saturated carbocycles. The van der Waals surface area contributed by atoms with E-state index < -0.39 is 0 Å². The summed E-state index contributed by atoms with van der Waals surface area (Å²) in [6.45, 7) is 2.19. The minimum absolute atomic E-state index is 0.0909. The number of anilines is 1. The largest absolute Gasteiger partial charge is 0.493 e. The highest BCUT2D eigenvalue weighted by molar-refractivity contribution is 6.32. The number of aliphatic hydroxyl groups is 1. The van der Waals surface area contributed by atoms with E-state index in [-0.39, 0.29) is 12.5 Å². The second-order valence-electron chi connectivity index (χ2n) is 4.74. The molecule has 2 aromatic carbocycles. The molecule has 0 aromatic heterocycles. The fraction of sp³-hybridized carbons (Fsp3) is 0.235. The summed E-state index contributed by atoms with van der Waals surface area (Å²) in [6, 6.07) is 10.1. The smallest absolute Gasteiger partial charge is 0.255 e. The van der Waals surface area contributed by atoms with Crippen molar-refractivity contribution < 1.29 is 19.4 Å². The van der Waals surface area contributed by atoms with Gasteiger partial charge in [0.25, 0.3) is 5.91 Å². The van der Waals surface area contributed by atoms with Crippen molar-refractivity contribution in [1.29, 1.82) is 0 Å². The Morgan fingerprint density at radius 3 is 2.74 bits per heavy atom. The zero-order chi connectivity index (χ0) is 16.8. The number of hydrogen-bond acceptors (Lipinski definition) is 4. The Morgan fingerprint density at radius 1 is 1.30 bits per heavy atom. The number of halogens is 1. The zero-order valence-electron chi connectivity index (χ0n) is 12.9. The van der Waals surface area contributed by atoms with Crippen LogP contribution in [0.3, 0.4) is 0 Å². The number of methoxy groups -OCH3 is 1. The molecule has 6 heteroatoms. The Balaban J connectivity index is 2.26. The van der Waals surface area contributed by atoms with Gasteiger partial charge in [-0.1, -0.05) is 23.7 Å². The molecule has 2 rings (SSSR count). The normalized spacial score (nSPS) is 10.3. The van der Waals surface area contributed by atoms with Gasteiger partial charge in [-0.2, -0.15) is 0 Å². The van der Waals surface area contributed by atoms with Gasteiger partial charge >= 0.3 is 0 Å². The minimum atomic E-state index is -0.330. The van der Waals surface area contributed by atoms with E-state index in [1.165, 1.54) is 13.2 Å². The van der Waals surface area contributed by atoms with Crippen molar-refractivity contribution in [1.82, 2.24) is 0 Å². The lowest BCUT2D eigenvalue weighted by Crippen LogP contribution is -2.12. The lowest BCUT2D eigenvalue weighted by atomic mass is 10.1. The van der Waals surface area contributed by atoms with Gasteiger partial charge in [-0.15, -0.1) is 0 Å². The van der Waals surface area contributed by atoms with Crippen LogP contribution in [0.5, 0.6) is 11.5 Å². The molecule has 0 spiro atoms. The maximum atomic E-state index is 12.4. The summed E-state index contributed by atoms with van der Waals surface area (Å²) >= 11 is 6.17. The maximum absolute atomic E-state index is 12.4. The first-order valence-corrected chi connectivity index (χ1v) is 7.48. The topological polar surface area (TPSA) is 67.8 Å². The molecule has 0 unspecified atom stereocenters. The standard InChI is InChI=1S/C17H18ClNO4/c1-3-23-16-14(18)8-12(9-15(16)22-2)17(21)19-13-6-4-5-11(7-13)10-20/h4-9,20H,3,10H2,1-2H3,(H,19,21). The van der Waals surface area contributed by atoms with E-state index in [0.717, 1.165) is 0 Å². The van der Waals surface area contributed by atoms with Crippen LogP contribution in [0, 0.1) is 0 Å². The van der Waals surface area contributed by atoms with Crippen molar-refractivity contribution in [3.8, 4) is 11.5 Å². The first-order chi connectivity index (χ1) is 11.1. The van der Waals surface area contributed by atoms with Gasteiger partial charge in [0, 0.05) is 11.3 Å². The molecule has 0 aliphatic heterocycles. The summed E-state index contributed by atoms with van der Waals surface area (Å²) in [7, 11) is 1.49. The molecule has 0 heterocycles. The Morgan fingerprint density at radius 2 is 2.09 bits per heavy atom. The van der Waals surface area contributed by atoms with E-state index >= 15 is 0 Å². The van der Waals surface area contributed by atoms with Crippen LogP contribution < -0.4 is 14.8 Å². The van der Waals surface area contributed by atoms with Crippen LogP contribution in [0.15, 0.2) is 36.4 Å². The van der Waals surface area contributed by atoms with Crippen molar-refractivity contribution in [2.45, 2.75) is 13.5 Å². The Hall–Kier alpha value is -2.24. The fourth-order valence-corrected chi connectivity index (χ4v) is 2.35. The molecule has 1 amide bonds. The number of hydrogen-bond donors (Lipinski definition) is 2. The van der Waals surface area contributed by atoms with Crippen LogP contribution >= 0.6 is 11.6 Å². The minimum Gasteiger partial charge on any atom is -0.493 e. The summed E-state index contributed by atoms with van der Waals surface area (Å²) in [6.07, 6.45) is 0. The first-order valence-electron chi connectivity index (χ1n) is 7.10. The van der Waals surface area contributed by atoms with Crippen molar-refractivity contribution in [2.75, 3.05) is 19.0 Å². The molecule has 23 heavy (non-hydrogen) atoms. The van der Waals surface area contributed by atoms with Gasteiger partial charge < -0.3 is 19.9 Å². The van der Waals surface area contributed by atoms with Crippen LogP contribution in [0.2, 0.25) is 5.02 Å². The lowest BCUT2D eigenvalue weighted by Gasteiger charge is -2.13. The molecule has 2 N–H and O–H groups in total.